The summed E-state index contributed by atoms with van der Waals surface area (Å²) in [5.41, 5.74) is 1.72. The highest BCUT2D eigenvalue weighted by molar-refractivity contribution is 5.94. The number of benzene rings is 1. The van der Waals surface area contributed by atoms with Gasteiger partial charge in [-0.15, -0.1) is 0 Å². The molecule has 3 aromatic rings. The first-order valence-corrected chi connectivity index (χ1v) is 10.1. The fourth-order valence-electron chi connectivity index (χ4n) is 3.91. The van der Waals surface area contributed by atoms with Crippen LogP contribution in [-0.4, -0.2) is 44.5 Å². The molecule has 8 heteroatoms. The van der Waals surface area contributed by atoms with E-state index in [1.165, 1.54) is 4.57 Å². The summed E-state index contributed by atoms with van der Waals surface area (Å²) in [4.78, 5) is 35.4. The number of aromatic nitrogens is 3. The Labute approximate surface area is 179 Å². The first-order chi connectivity index (χ1) is 15.0. The number of para-hydroxylation sites is 1. The standard InChI is InChI=1S/C23H22N6O2/c1-3-15-8-11-25-21(27-15)23(31)29-12-9-16(10-13-29)26-20-17-6-4-5-7-19(17)28(2)22(30)18(20)14-24/h3-8,11,16,26H,1,9-10,12-13H2,2H3. The maximum Gasteiger partial charge on any atom is 0.291 e. The topological polar surface area (TPSA) is 104 Å². The predicted octanol–water partition coefficient (Wildman–Crippen LogP) is 2.56. The Morgan fingerprint density at radius 3 is 2.74 bits per heavy atom. The van der Waals surface area contributed by atoms with Crippen LogP contribution in [0.4, 0.5) is 5.69 Å². The van der Waals surface area contributed by atoms with Crippen molar-refractivity contribution in [1.82, 2.24) is 19.4 Å². The lowest BCUT2D eigenvalue weighted by Crippen LogP contribution is -2.43. The molecule has 1 fully saturated rings. The van der Waals surface area contributed by atoms with Crippen molar-refractivity contribution in [2.45, 2.75) is 18.9 Å². The highest BCUT2D eigenvalue weighted by Crippen LogP contribution is 2.27. The molecule has 1 aliphatic rings. The minimum atomic E-state index is -0.324. The van der Waals surface area contributed by atoms with E-state index in [0.29, 0.717) is 37.3 Å². The molecule has 0 aliphatic carbocycles. The van der Waals surface area contributed by atoms with Crippen molar-refractivity contribution >= 4 is 28.6 Å². The Kier molecular flexibility index (Phi) is 5.50. The van der Waals surface area contributed by atoms with Gasteiger partial charge in [-0.1, -0.05) is 24.8 Å². The van der Waals surface area contributed by atoms with Crippen molar-refractivity contribution in [3.63, 3.8) is 0 Å². The van der Waals surface area contributed by atoms with Gasteiger partial charge in [0.1, 0.15) is 11.6 Å². The van der Waals surface area contributed by atoms with E-state index in [2.05, 4.69) is 27.9 Å². The number of fused-ring (bicyclic) bond motifs is 1. The third-order valence-electron chi connectivity index (χ3n) is 5.62. The molecular weight excluding hydrogens is 392 g/mol. The molecule has 1 N–H and O–H groups in total. The quantitative estimate of drug-likeness (QED) is 0.704. The number of hydrogen-bond acceptors (Lipinski definition) is 6. The number of rotatable bonds is 4. The van der Waals surface area contributed by atoms with Crippen LogP contribution in [0.2, 0.25) is 0 Å². The maximum absolute atomic E-state index is 12.7. The summed E-state index contributed by atoms with van der Waals surface area (Å²) < 4.78 is 1.50. The molecule has 0 unspecified atom stereocenters. The largest absolute Gasteiger partial charge is 0.380 e. The molecule has 4 rings (SSSR count). The van der Waals surface area contributed by atoms with E-state index in [-0.39, 0.29) is 28.9 Å². The number of hydrogen-bond donors (Lipinski definition) is 1. The van der Waals surface area contributed by atoms with Crippen LogP contribution in [0.3, 0.4) is 0 Å². The van der Waals surface area contributed by atoms with Crippen molar-refractivity contribution in [1.29, 1.82) is 5.26 Å². The molecule has 1 aliphatic heterocycles. The van der Waals surface area contributed by atoms with Gasteiger partial charge in [0.2, 0.25) is 5.82 Å². The Morgan fingerprint density at radius 1 is 1.29 bits per heavy atom. The average molecular weight is 414 g/mol. The third-order valence-corrected chi connectivity index (χ3v) is 5.62. The Morgan fingerprint density at radius 2 is 2.03 bits per heavy atom. The van der Waals surface area contributed by atoms with Crippen molar-refractivity contribution in [2.24, 2.45) is 7.05 Å². The van der Waals surface area contributed by atoms with Gasteiger partial charge in [0.05, 0.1) is 16.9 Å². The van der Waals surface area contributed by atoms with Gasteiger partial charge in [0, 0.05) is 37.8 Å². The van der Waals surface area contributed by atoms with Crippen LogP contribution < -0.4 is 10.9 Å². The van der Waals surface area contributed by atoms with Crippen LogP contribution in [0.15, 0.2) is 47.9 Å². The number of nitrogens with zero attached hydrogens (tertiary/aromatic N) is 5. The number of carbonyl (C=O) groups excluding carboxylic acids is 1. The van der Waals surface area contributed by atoms with Crippen LogP contribution in [-0.2, 0) is 7.05 Å². The van der Waals surface area contributed by atoms with Crippen LogP contribution in [0.1, 0.15) is 34.7 Å². The molecular formula is C23H22N6O2. The van der Waals surface area contributed by atoms with Crippen LogP contribution in [0.25, 0.3) is 17.0 Å². The average Bonchev–Trinajstić information content (AvgIpc) is 2.82. The minimum Gasteiger partial charge on any atom is -0.380 e. The van der Waals surface area contributed by atoms with Crippen LogP contribution in [0.5, 0.6) is 0 Å². The summed E-state index contributed by atoms with van der Waals surface area (Å²) in [6.45, 7) is 4.73. The van der Waals surface area contributed by atoms with E-state index in [1.54, 1.807) is 30.3 Å². The maximum atomic E-state index is 12.7. The van der Waals surface area contributed by atoms with Crippen molar-refractivity contribution in [2.75, 3.05) is 18.4 Å². The van der Waals surface area contributed by atoms with Crippen molar-refractivity contribution in [3.8, 4) is 6.07 Å². The fraction of sp³-hybridized carbons (Fsp3) is 0.261. The first-order valence-electron chi connectivity index (χ1n) is 10.1. The van der Waals surface area contributed by atoms with Gasteiger partial charge in [-0.05, 0) is 31.1 Å². The number of anilines is 1. The number of nitriles is 1. The summed E-state index contributed by atoms with van der Waals surface area (Å²) >= 11 is 0. The second-order valence-electron chi connectivity index (χ2n) is 7.46. The monoisotopic (exact) mass is 414 g/mol. The van der Waals surface area contributed by atoms with Gasteiger partial charge < -0.3 is 14.8 Å². The Balaban J connectivity index is 1.53. The van der Waals surface area contributed by atoms with E-state index in [4.69, 9.17) is 0 Å². The number of aryl methyl sites for hydroxylation is 1. The zero-order valence-electron chi connectivity index (χ0n) is 17.2. The molecule has 3 heterocycles. The number of amides is 1. The zero-order valence-corrected chi connectivity index (χ0v) is 17.2. The number of nitrogens with one attached hydrogen (secondary N) is 1. The number of likely N-dealkylation sites (tertiary alicyclic amines) is 1. The molecule has 0 radical (unpaired) electrons. The SMILES string of the molecule is C=Cc1ccnc(C(=O)N2CCC(Nc3c(C#N)c(=O)n(C)c4ccccc34)CC2)n1. The lowest BCUT2D eigenvalue weighted by molar-refractivity contribution is 0.0706. The second kappa shape index (κ2) is 8.40. The van der Waals surface area contributed by atoms with Gasteiger partial charge in [-0.2, -0.15) is 5.26 Å². The number of piperidine rings is 1. The number of pyridine rings is 1. The molecule has 0 spiro atoms. The molecule has 1 saturated heterocycles. The highest BCUT2D eigenvalue weighted by Gasteiger charge is 2.26. The lowest BCUT2D eigenvalue weighted by atomic mass is 10.0. The molecule has 8 nitrogen and oxygen atoms in total. The van der Waals surface area contributed by atoms with Crippen LogP contribution in [0, 0.1) is 11.3 Å². The van der Waals surface area contributed by atoms with Gasteiger partial charge in [0.15, 0.2) is 0 Å². The fourth-order valence-corrected chi connectivity index (χ4v) is 3.91. The second-order valence-corrected chi connectivity index (χ2v) is 7.46. The highest BCUT2D eigenvalue weighted by atomic mass is 16.2. The predicted molar refractivity (Wildman–Crippen MR) is 119 cm³/mol. The van der Waals surface area contributed by atoms with Crippen molar-refractivity contribution < 1.29 is 4.79 Å². The van der Waals surface area contributed by atoms with Gasteiger partial charge in [-0.25, -0.2) is 9.97 Å². The molecule has 2 aromatic heterocycles. The Hall–Kier alpha value is -3.99. The molecule has 1 amide bonds. The first kappa shape index (κ1) is 20.3. The van der Waals surface area contributed by atoms with E-state index in [9.17, 15) is 14.9 Å². The van der Waals surface area contributed by atoms with Crippen LogP contribution >= 0.6 is 0 Å². The zero-order chi connectivity index (χ0) is 22.0. The normalized spacial score (nSPS) is 14.3. The van der Waals surface area contributed by atoms with Gasteiger partial charge in [0.25, 0.3) is 11.5 Å². The summed E-state index contributed by atoms with van der Waals surface area (Å²) in [6.07, 6.45) is 4.49. The molecule has 0 atom stereocenters. The van der Waals surface area contributed by atoms with Gasteiger partial charge >= 0.3 is 0 Å². The Bertz CT molecular complexity index is 1270. The molecule has 31 heavy (non-hydrogen) atoms. The minimum absolute atomic E-state index is 0.0343. The van der Waals surface area contributed by atoms with E-state index < -0.39 is 0 Å². The molecule has 1 aromatic carbocycles. The lowest BCUT2D eigenvalue weighted by Gasteiger charge is -2.33. The smallest absolute Gasteiger partial charge is 0.291 e. The molecule has 0 saturated carbocycles. The summed E-state index contributed by atoms with van der Waals surface area (Å²) in [5.74, 6) is -0.0491. The van der Waals surface area contributed by atoms with E-state index >= 15 is 0 Å². The van der Waals surface area contributed by atoms with E-state index in [0.717, 1.165) is 10.9 Å². The summed E-state index contributed by atoms with van der Waals surface area (Å²) in [5, 5.41) is 13.9. The van der Waals surface area contributed by atoms with Gasteiger partial charge in [-0.3, -0.25) is 9.59 Å². The van der Waals surface area contributed by atoms with Crippen molar-refractivity contribution in [3.05, 3.63) is 70.5 Å². The number of carbonyl (C=O) groups is 1. The van der Waals surface area contributed by atoms with E-state index in [1.807, 2.05) is 24.3 Å². The third kappa shape index (κ3) is 3.78. The summed E-state index contributed by atoms with van der Waals surface area (Å²) in [6, 6.07) is 11.3. The molecule has 0 bridgehead atoms. The summed E-state index contributed by atoms with van der Waals surface area (Å²) in [7, 11) is 1.67. The molecule has 156 valence electrons.